The van der Waals surface area contributed by atoms with Gasteiger partial charge in [-0.05, 0) is 36.1 Å². The van der Waals surface area contributed by atoms with Crippen molar-refractivity contribution in [1.82, 2.24) is 14.8 Å². The first-order chi connectivity index (χ1) is 8.72. The SMILES string of the molecule is CC(C)Cc1ccc2oc(-n3cccn3)nc2c1. The summed E-state index contributed by atoms with van der Waals surface area (Å²) in [5.74, 6) is 0.639. The van der Waals surface area contributed by atoms with Crippen LogP contribution in [0.5, 0.6) is 0 Å². The Morgan fingerprint density at radius 2 is 2.22 bits per heavy atom. The molecule has 0 amide bonds. The Bertz CT molecular complexity index is 653. The fraction of sp³-hybridized carbons (Fsp3) is 0.286. The maximum absolute atomic E-state index is 5.66. The van der Waals surface area contributed by atoms with Crippen molar-refractivity contribution in [2.24, 2.45) is 5.92 Å². The van der Waals surface area contributed by atoms with Crippen LogP contribution in [-0.2, 0) is 6.42 Å². The molecule has 0 unspecified atom stereocenters. The molecule has 0 aliphatic heterocycles. The van der Waals surface area contributed by atoms with E-state index in [9.17, 15) is 0 Å². The molecular weight excluding hydrogens is 226 g/mol. The van der Waals surface area contributed by atoms with E-state index in [0.29, 0.717) is 11.9 Å². The molecule has 0 saturated heterocycles. The van der Waals surface area contributed by atoms with Crippen molar-refractivity contribution >= 4 is 11.1 Å². The van der Waals surface area contributed by atoms with Crippen LogP contribution in [-0.4, -0.2) is 14.8 Å². The number of fused-ring (bicyclic) bond motifs is 1. The highest BCUT2D eigenvalue weighted by Gasteiger charge is 2.08. The third-order valence-electron chi connectivity index (χ3n) is 2.79. The maximum atomic E-state index is 5.66. The van der Waals surface area contributed by atoms with Crippen LogP contribution in [0, 0.1) is 5.92 Å². The number of aromatic nitrogens is 3. The third-order valence-corrected chi connectivity index (χ3v) is 2.79. The minimum Gasteiger partial charge on any atom is -0.422 e. The molecule has 0 saturated carbocycles. The highest BCUT2D eigenvalue weighted by Crippen LogP contribution is 2.20. The van der Waals surface area contributed by atoms with Gasteiger partial charge in [-0.15, -0.1) is 0 Å². The van der Waals surface area contributed by atoms with E-state index in [1.165, 1.54) is 5.56 Å². The standard InChI is InChI=1S/C14H15N3O/c1-10(2)8-11-4-5-13-12(9-11)16-14(18-13)17-7-3-6-15-17/h3-7,9-10H,8H2,1-2H3. The van der Waals surface area contributed by atoms with Gasteiger partial charge in [0.1, 0.15) is 5.52 Å². The summed E-state index contributed by atoms with van der Waals surface area (Å²) in [5.41, 5.74) is 2.98. The van der Waals surface area contributed by atoms with Crippen LogP contribution in [0.1, 0.15) is 19.4 Å². The highest BCUT2D eigenvalue weighted by molar-refractivity contribution is 5.74. The molecule has 4 nitrogen and oxygen atoms in total. The van der Waals surface area contributed by atoms with Crippen LogP contribution in [0.3, 0.4) is 0 Å². The number of benzene rings is 1. The molecule has 2 aromatic heterocycles. The minimum atomic E-state index is 0.511. The number of rotatable bonds is 3. The number of oxazole rings is 1. The van der Waals surface area contributed by atoms with E-state index in [0.717, 1.165) is 17.5 Å². The Kier molecular flexibility index (Phi) is 2.63. The molecule has 1 aromatic carbocycles. The van der Waals surface area contributed by atoms with Crippen molar-refractivity contribution in [3.63, 3.8) is 0 Å². The first-order valence-electron chi connectivity index (χ1n) is 6.12. The highest BCUT2D eigenvalue weighted by atomic mass is 16.4. The second kappa shape index (κ2) is 4.29. The molecule has 18 heavy (non-hydrogen) atoms. The smallest absolute Gasteiger partial charge is 0.323 e. The molecule has 4 heteroatoms. The average Bonchev–Trinajstić information content (AvgIpc) is 2.95. The molecular formula is C14H15N3O. The predicted octanol–water partition coefficient (Wildman–Crippen LogP) is 3.21. The minimum absolute atomic E-state index is 0.511. The van der Waals surface area contributed by atoms with Crippen molar-refractivity contribution in [1.29, 1.82) is 0 Å². The Morgan fingerprint density at radius 3 is 2.94 bits per heavy atom. The zero-order valence-corrected chi connectivity index (χ0v) is 10.5. The van der Waals surface area contributed by atoms with Gasteiger partial charge in [0.05, 0.1) is 0 Å². The Labute approximate surface area is 105 Å². The summed E-state index contributed by atoms with van der Waals surface area (Å²) < 4.78 is 7.29. The summed E-state index contributed by atoms with van der Waals surface area (Å²) in [4.78, 5) is 4.46. The van der Waals surface area contributed by atoms with E-state index in [1.54, 1.807) is 10.9 Å². The van der Waals surface area contributed by atoms with Gasteiger partial charge in [-0.3, -0.25) is 0 Å². The molecule has 0 atom stereocenters. The van der Waals surface area contributed by atoms with Gasteiger partial charge in [0.15, 0.2) is 5.58 Å². The summed E-state index contributed by atoms with van der Waals surface area (Å²) >= 11 is 0. The summed E-state index contributed by atoms with van der Waals surface area (Å²) in [5, 5.41) is 4.11. The zero-order chi connectivity index (χ0) is 12.5. The summed E-state index contributed by atoms with van der Waals surface area (Å²) in [7, 11) is 0. The van der Waals surface area contributed by atoms with Crippen molar-refractivity contribution in [2.75, 3.05) is 0 Å². The lowest BCUT2D eigenvalue weighted by Crippen LogP contribution is -1.94. The number of hydrogen-bond donors (Lipinski definition) is 0. The van der Waals surface area contributed by atoms with E-state index in [2.05, 4.69) is 36.1 Å². The van der Waals surface area contributed by atoms with Crippen molar-refractivity contribution in [2.45, 2.75) is 20.3 Å². The molecule has 3 aromatic rings. The summed E-state index contributed by atoms with van der Waals surface area (Å²) in [6.07, 6.45) is 4.58. The molecule has 0 spiro atoms. The van der Waals surface area contributed by atoms with Crippen LogP contribution in [0.15, 0.2) is 41.1 Å². The second-order valence-electron chi connectivity index (χ2n) is 4.85. The Hall–Kier alpha value is -2.10. The van der Waals surface area contributed by atoms with Crippen LogP contribution in [0.25, 0.3) is 17.1 Å². The molecule has 0 N–H and O–H groups in total. The van der Waals surface area contributed by atoms with E-state index in [-0.39, 0.29) is 0 Å². The lowest BCUT2D eigenvalue weighted by atomic mass is 10.0. The molecule has 2 heterocycles. The van der Waals surface area contributed by atoms with Gasteiger partial charge in [0.2, 0.25) is 0 Å². The van der Waals surface area contributed by atoms with Gasteiger partial charge >= 0.3 is 6.01 Å². The van der Waals surface area contributed by atoms with Crippen molar-refractivity contribution in [3.8, 4) is 6.01 Å². The molecule has 3 rings (SSSR count). The fourth-order valence-electron chi connectivity index (χ4n) is 2.04. The predicted molar refractivity (Wildman–Crippen MR) is 69.7 cm³/mol. The zero-order valence-electron chi connectivity index (χ0n) is 10.5. The van der Waals surface area contributed by atoms with Crippen LogP contribution in [0.4, 0.5) is 0 Å². The van der Waals surface area contributed by atoms with Crippen LogP contribution in [0.2, 0.25) is 0 Å². The molecule has 0 bridgehead atoms. The lowest BCUT2D eigenvalue weighted by molar-refractivity contribution is 0.543. The maximum Gasteiger partial charge on any atom is 0.323 e. The average molecular weight is 241 g/mol. The quantitative estimate of drug-likeness (QED) is 0.707. The van der Waals surface area contributed by atoms with Gasteiger partial charge in [-0.25, -0.2) is 0 Å². The molecule has 0 aliphatic rings. The topological polar surface area (TPSA) is 43.9 Å². The van der Waals surface area contributed by atoms with E-state index < -0.39 is 0 Å². The van der Waals surface area contributed by atoms with Gasteiger partial charge in [0, 0.05) is 12.4 Å². The van der Waals surface area contributed by atoms with Gasteiger partial charge in [-0.1, -0.05) is 19.9 Å². The van der Waals surface area contributed by atoms with E-state index in [1.807, 2.05) is 18.3 Å². The fourth-order valence-corrected chi connectivity index (χ4v) is 2.04. The van der Waals surface area contributed by atoms with Crippen LogP contribution < -0.4 is 0 Å². The second-order valence-corrected chi connectivity index (χ2v) is 4.85. The Morgan fingerprint density at radius 1 is 1.33 bits per heavy atom. The van der Waals surface area contributed by atoms with Crippen molar-refractivity contribution < 1.29 is 4.42 Å². The lowest BCUT2D eigenvalue weighted by Gasteiger charge is -2.03. The first-order valence-corrected chi connectivity index (χ1v) is 6.12. The first kappa shape index (κ1) is 11.0. The van der Waals surface area contributed by atoms with E-state index in [4.69, 9.17) is 4.42 Å². The van der Waals surface area contributed by atoms with Gasteiger partial charge < -0.3 is 4.42 Å². The molecule has 92 valence electrons. The molecule has 0 aliphatic carbocycles. The largest absolute Gasteiger partial charge is 0.422 e. The molecule has 0 fully saturated rings. The summed E-state index contributed by atoms with van der Waals surface area (Å²) in [6, 6.07) is 8.52. The normalized spacial score (nSPS) is 11.5. The Balaban J connectivity index is 2.02. The van der Waals surface area contributed by atoms with Gasteiger partial charge in [-0.2, -0.15) is 14.8 Å². The number of hydrogen-bond acceptors (Lipinski definition) is 3. The number of nitrogens with zero attached hydrogens (tertiary/aromatic N) is 3. The third kappa shape index (κ3) is 2.01. The monoisotopic (exact) mass is 241 g/mol. The summed E-state index contributed by atoms with van der Waals surface area (Å²) in [6.45, 7) is 4.42. The van der Waals surface area contributed by atoms with Crippen molar-refractivity contribution in [3.05, 3.63) is 42.2 Å². The van der Waals surface area contributed by atoms with Crippen LogP contribution >= 0.6 is 0 Å². The molecule has 0 radical (unpaired) electrons. The van der Waals surface area contributed by atoms with Gasteiger partial charge in [0.25, 0.3) is 0 Å². The van der Waals surface area contributed by atoms with E-state index >= 15 is 0 Å².